The Morgan fingerprint density at radius 2 is 2.09 bits per heavy atom. The van der Waals surface area contributed by atoms with Crippen LogP contribution in [-0.2, 0) is 11.2 Å². The quantitative estimate of drug-likeness (QED) is 0.759. The molecule has 2 aromatic carbocycles. The molecule has 112 valence electrons. The van der Waals surface area contributed by atoms with E-state index < -0.39 is 5.82 Å². The van der Waals surface area contributed by atoms with Crippen molar-refractivity contribution in [2.24, 2.45) is 0 Å². The van der Waals surface area contributed by atoms with Crippen LogP contribution in [0, 0.1) is 12.7 Å². The summed E-state index contributed by atoms with van der Waals surface area (Å²) in [5.41, 5.74) is 3.03. The van der Waals surface area contributed by atoms with Crippen LogP contribution in [0.4, 0.5) is 10.1 Å². The van der Waals surface area contributed by atoms with E-state index in [4.69, 9.17) is 16.0 Å². The Balaban J connectivity index is 1.78. The number of hydrogen-bond acceptors (Lipinski definition) is 2. The SMILES string of the molecule is Cc1ccc2c(CC(=O)Nc3ccc(F)cc3Cl)coc2c1. The Labute approximate surface area is 131 Å². The smallest absolute Gasteiger partial charge is 0.228 e. The molecule has 0 atom stereocenters. The zero-order valence-corrected chi connectivity index (χ0v) is 12.6. The highest BCUT2D eigenvalue weighted by molar-refractivity contribution is 6.33. The number of anilines is 1. The van der Waals surface area contributed by atoms with Gasteiger partial charge in [-0.15, -0.1) is 0 Å². The Morgan fingerprint density at radius 1 is 1.27 bits per heavy atom. The van der Waals surface area contributed by atoms with Crippen molar-refractivity contribution >= 4 is 34.2 Å². The summed E-state index contributed by atoms with van der Waals surface area (Å²) >= 11 is 5.89. The predicted molar refractivity (Wildman–Crippen MR) is 84.7 cm³/mol. The van der Waals surface area contributed by atoms with Crippen molar-refractivity contribution in [2.45, 2.75) is 13.3 Å². The lowest BCUT2D eigenvalue weighted by Gasteiger charge is -2.06. The lowest BCUT2D eigenvalue weighted by molar-refractivity contribution is -0.115. The zero-order valence-electron chi connectivity index (χ0n) is 11.8. The van der Waals surface area contributed by atoms with Gasteiger partial charge in [0, 0.05) is 10.9 Å². The first-order valence-corrected chi connectivity index (χ1v) is 7.12. The minimum absolute atomic E-state index is 0.157. The lowest BCUT2D eigenvalue weighted by Crippen LogP contribution is -2.14. The molecule has 1 aromatic heterocycles. The number of hydrogen-bond donors (Lipinski definition) is 1. The van der Waals surface area contributed by atoms with Gasteiger partial charge in [0.05, 0.1) is 23.4 Å². The normalized spacial score (nSPS) is 10.9. The molecule has 3 aromatic rings. The summed E-state index contributed by atoms with van der Waals surface area (Å²) in [4.78, 5) is 12.1. The topological polar surface area (TPSA) is 42.2 Å². The number of fused-ring (bicyclic) bond motifs is 1. The van der Waals surface area contributed by atoms with E-state index in [0.29, 0.717) is 5.69 Å². The monoisotopic (exact) mass is 317 g/mol. The molecule has 1 N–H and O–H groups in total. The van der Waals surface area contributed by atoms with Gasteiger partial charge in [0.25, 0.3) is 0 Å². The van der Waals surface area contributed by atoms with Crippen LogP contribution in [0.5, 0.6) is 0 Å². The Morgan fingerprint density at radius 3 is 2.86 bits per heavy atom. The van der Waals surface area contributed by atoms with E-state index in [1.54, 1.807) is 6.26 Å². The van der Waals surface area contributed by atoms with E-state index in [2.05, 4.69) is 5.32 Å². The fourth-order valence-corrected chi connectivity index (χ4v) is 2.50. The number of furan rings is 1. The fraction of sp³-hybridized carbons (Fsp3) is 0.118. The van der Waals surface area contributed by atoms with E-state index in [9.17, 15) is 9.18 Å². The van der Waals surface area contributed by atoms with Crippen molar-refractivity contribution < 1.29 is 13.6 Å². The van der Waals surface area contributed by atoms with Crippen LogP contribution >= 0.6 is 11.6 Å². The van der Waals surface area contributed by atoms with Crippen LogP contribution in [0.15, 0.2) is 47.1 Å². The van der Waals surface area contributed by atoms with Crippen LogP contribution < -0.4 is 5.32 Å². The zero-order chi connectivity index (χ0) is 15.7. The summed E-state index contributed by atoms with van der Waals surface area (Å²) in [7, 11) is 0. The van der Waals surface area contributed by atoms with Gasteiger partial charge in [0.2, 0.25) is 5.91 Å². The summed E-state index contributed by atoms with van der Waals surface area (Å²) < 4.78 is 18.5. The molecular weight excluding hydrogens is 305 g/mol. The molecule has 1 amide bonds. The Kier molecular flexibility index (Phi) is 3.86. The van der Waals surface area contributed by atoms with Crippen molar-refractivity contribution in [3.63, 3.8) is 0 Å². The standard InChI is InChI=1S/C17H13ClFNO2/c1-10-2-4-13-11(9-22-16(13)6-10)7-17(21)20-15-5-3-12(19)8-14(15)18/h2-6,8-9H,7H2,1H3,(H,20,21). The van der Waals surface area contributed by atoms with E-state index >= 15 is 0 Å². The maximum atomic E-state index is 13.0. The second-order valence-corrected chi connectivity index (χ2v) is 5.52. The molecule has 0 saturated heterocycles. The van der Waals surface area contributed by atoms with E-state index in [0.717, 1.165) is 28.2 Å². The van der Waals surface area contributed by atoms with Gasteiger partial charge in [0.1, 0.15) is 11.4 Å². The van der Waals surface area contributed by atoms with Crippen LogP contribution in [-0.4, -0.2) is 5.91 Å². The molecule has 0 radical (unpaired) electrons. The van der Waals surface area contributed by atoms with Crippen molar-refractivity contribution in [1.82, 2.24) is 0 Å². The third-order valence-electron chi connectivity index (χ3n) is 3.37. The van der Waals surface area contributed by atoms with Crippen molar-refractivity contribution in [1.29, 1.82) is 0 Å². The van der Waals surface area contributed by atoms with Crippen molar-refractivity contribution in [3.8, 4) is 0 Å². The number of carbonyl (C=O) groups is 1. The number of carbonyl (C=O) groups excluding carboxylic acids is 1. The maximum absolute atomic E-state index is 13.0. The predicted octanol–water partition coefficient (Wildman–Crippen LogP) is 4.71. The van der Waals surface area contributed by atoms with Gasteiger partial charge < -0.3 is 9.73 Å². The molecule has 3 nitrogen and oxygen atoms in total. The Bertz CT molecular complexity index is 857. The summed E-state index contributed by atoms with van der Waals surface area (Å²) in [5.74, 6) is -0.684. The minimum atomic E-state index is -0.445. The first-order valence-electron chi connectivity index (χ1n) is 6.74. The maximum Gasteiger partial charge on any atom is 0.228 e. The molecule has 0 aliphatic rings. The van der Waals surface area contributed by atoms with Gasteiger partial charge in [-0.25, -0.2) is 4.39 Å². The fourth-order valence-electron chi connectivity index (χ4n) is 2.29. The molecule has 1 heterocycles. The van der Waals surface area contributed by atoms with E-state index in [-0.39, 0.29) is 17.4 Å². The molecule has 0 bridgehead atoms. The van der Waals surface area contributed by atoms with Crippen LogP contribution in [0.3, 0.4) is 0 Å². The molecule has 5 heteroatoms. The summed E-state index contributed by atoms with van der Waals surface area (Å²) in [6.45, 7) is 1.98. The third-order valence-corrected chi connectivity index (χ3v) is 3.68. The molecule has 0 aliphatic carbocycles. The number of benzene rings is 2. The Hall–Kier alpha value is -2.33. The average Bonchev–Trinajstić information content (AvgIpc) is 2.84. The average molecular weight is 318 g/mol. The molecule has 0 fully saturated rings. The molecule has 0 aliphatic heterocycles. The largest absolute Gasteiger partial charge is 0.464 e. The van der Waals surface area contributed by atoms with Gasteiger partial charge in [-0.3, -0.25) is 4.79 Å². The van der Waals surface area contributed by atoms with Crippen LogP contribution in [0.2, 0.25) is 5.02 Å². The molecule has 22 heavy (non-hydrogen) atoms. The van der Waals surface area contributed by atoms with Crippen LogP contribution in [0.25, 0.3) is 11.0 Å². The van der Waals surface area contributed by atoms with Crippen LogP contribution in [0.1, 0.15) is 11.1 Å². The second kappa shape index (κ2) is 5.81. The number of aryl methyl sites for hydroxylation is 1. The molecule has 0 saturated carbocycles. The van der Waals surface area contributed by atoms with Gasteiger partial charge in [-0.05, 0) is 36.8 Å². The van der Waals surface area contributed by atoms with E-state index in [1.165, 1.54) is 12.1 Å². The molecule has 0 unspecified atom stereocenters. The summed E-state index contributed by atoms with van der Waals surface area (Å²) in [5, 5.41) is 3.75. The highest BCUT2D eigenvalue weighted by Gasteiger charge is 2.12. The number of nitrogens with one attached hydrogen (secondary N) is 1. The minimum Gasteiger partial charge on any atom is -0.464 e. The first kappa shape index (κ1) is 14.6. The summed E-state index contributed by atoms with van der Waals surface area (Å²) in [6, 6.07) is 9.67. The number of halogens is 2. The number of rotatable bonds is 3. The second-order valence-electron chi connectivity index (χ2n) is 5.11. The van der Waals surface area contributed by atoms with Gasteiger partial charge in [-0.1, -0.05) is 23.7 Å². The van der Waals surface area contributed by atoms with Crippen molar-refractivity contribution in [2.75, 3.05) is 5.32 Å². The van der Waals surface area contributed by atoms with Gasteiger partial charge >= 0.3 is 0 Å². The first-order chi connectivity index (χ1) is 10.5. The lowest BCUT2D eigenvalue weighted by atomic mass is 10.1. The highest BCUT2D eigenvalue weighted by atomic mass is 35.5. The third kappa shape index (κ3) is 2.97. The summed E-state index contributed by atoms with van der Waals surface area (Å²) in [6.07, 6.45) is 1.74. The molecule has 0 spiro atoms. The molecular formula is C17H13ClFNO2. The van der Waals surface area contributed by atoms with Gasteiger partial charge in [0.15, 0.2) is 0 Å². The van der Waals surface area contributed by atoms with E-state index in [1.807, 2.05) is 25.1 Å². The highest BCUT2D eigenvalue weighted by Crippen LogP contribution is 2.25. The van der Waals surface area contributed by atoms with Gasteiger partial charge in [-0.2, -0.15) is 0 Å². The molecule has 3 rings (SSSR count). The van der Waals surface area contributed by atoms with Crippen molar-refractivity contribution in [3.05, 3.63) is 64.6 Å². The number of amides is 1.